The molecular weight excluding hydrogens is 208 g/mol. The Morgan fingerprint density at radius 2 is 1.94 bits per heavy atom. The summed E-state index contributed by atoms with van der Waals surface area (Å²) in [7, 11) is 2.01. The highest BCUT2D eigenvalue weighted by Crippen LogP contribution is 2.25. The predicted octanol–water partition coefficient (Wildman–Crippen LogP) is 3.58. The fourth-order valence-electron chi connectivity index (χ4n) is 2.33. The van der Waals surface area contributed by atoms with Gasteiger partial charge < -0.3 is 9.88 Å². The van der Waals surface area contributed by atoms with Crippen LogP contribution >= 0.6 is 0 Å². The summed E-state index contributed by atoms with van der Waals surface area (Å²) < 4.78 is 2.35. The van der Waals surface area contributed by atoms with E-state index in [1.165, 1.54) is 16.5 Å². The summed E-state index contributed by atoms with van der Waals surface area (Å²) >= 11 is 0. The van der Waals surface area contributed by atoms with Crippen LogP contribution in [0.15, 0.2) is 30.5 Å². The van der Waals surface area contributed by atoms with Crippen molar-refractivity contribution in [2.75, 3.05) is 7.05 Å². The maximum atomic E-state index is 3.31. The molecule has 0 radical (unpaired) electrons. The molecule has 0 amide bonds. The van der Waals surface area contributed by atoms with Crippen molar-refractivity contribution in [2.45, 2.75) is 33.4 Å². The zero-order chi connectivity index (χ0) is 12.4. The lowest BCUT2D eigenvalue weighted by atomic mass is 10.0. The molecule has 17 heavy (non-hydrogen) atoms. The summed E-state index contributed by atoms with van der Waals surface area (Å²) in [5, 5.41) is 4.68. The van der Waals surface area contributed by atoms with Crippen LogP contribution in [-0.4, -0.2) is 11.6 Å². The summed E-state index contributed by atoms with van der Waals surface area (Å²) in [6.45, 7) is 7.80. The average molecular weight is 230 g/mol. The summed E-state index contributed by atoms with van der Waals surface area (Å²) in [5.41, 5.74) is 2.73. The van der Waals surface area contributed by atoms with Gasteiger partial charge in [0.05, 0.1) is 0 Å². The molecule has 0 fully saturated rings. The minimum Gasteiger partial charge on any atom is -0.347 e. The minimum atomic E-state index is 0.397. The van der Waals surface area contributed by atoms with E-state index in [-0.39, 0.29) is 0 Å². The molecule has 0 aliphatic rings. The van der Waals surface area contributed by atoms with Crippen molar-refractivity contribution in [3.05, 3.63) is 36.0 Å². The molecule has 1 heterocycles. The van der Waals surface area contributed by atoms with Gasteiger partial charge in [-0.15, -0.1) is 0 Å². The third-order valence-electron chi connectivity index (χ3n) is 3.31. The second-order valence-electron chi connectivity index (χ2n) is 5.15. The number of rotatable bonds is 4. The first-order valence-corrected chi connectivity index (χ1v) is 6.38. The molecule has 1 aromatic carbocycles. The number of aromatic nitrogens is 1. The van der Waals surface area contributed by atoms with E-state index in [0.717, 1.165) is 6.54 Å². The van der Waals surface area contributed by atoms with Crippen LogP contribution in [0.25, 0.3) is 10.9 Å². The molecule has 2 heteroatoms. The van der Waals surface area contributed by atoms with E-state index in [0.29, 0.717) is 12.0 Å². The monoisotopic (exact) mass is 230 g/mol. The van der Waals surface area contributed by atoms with Gasteiger partial charge >= 0.3 is 0 Å². The number of nitrogens with zero attached hydrogens (tertiary/aromatic N) is 1. The van der Waals surface area contributed by atoms with Crippen LogP contribution in [0.3, 0.4) is 0 Å². The second kappa shape index (κ2) is 4.92. The zero-order valence-electron chi connectivity index (χ0n) is 11.2. The van der Waals surface area contributed by atoms with Gasteiger partial charge in [0.25, 0.3) is 0 Å². The largest absolute Gasteiger partial charge is 0.347 e. The van der Waals surface area contributed by atoms with Gasteiger partial charge in [-0.05, 0) is 37.6 Å². The van der Waals surface area contributed by atoms with E-state index in [9.17, 15) is 0 Å². The molecule has 2 aromatic rings. The molecule has 1 atom stereocenters. The first-order chi connectivity index (χ1) is 8.13. The fourth-order valence-corrected chi connectivity index (χ4v) is 2.33. The molecule has 0 saturated carbocycles. The highest BCUT2D eigenvalue weighted by molar-refractivity contribution is 5.84. The summed E-state index contributed by atoms with van der Waals surface area (Å²) in [5.74, 6) is 0.677. The number of hydrogen-bond acceptors (Lipinski definition) is 1. The van der Waals surface area contributed by atoms with Crippen LogP contribution in [0.5, 0.6) is 0 Å². The Balaban J connectivity index is 2.49. The number of benzene rings is 1. The van der Waals surface area contributed by atoms with Crippen molar-refractivity contribution in [1.82, 2.24) is 9.88 Å². The lowest BCUT2D eigenvalue weighted by molar-refractivity contribution is 0.535. The maximum Gasteiger partial charge on any atom is 0.0483 e. The summed E-state index contributed by atoms with van der Waals surface area (Å²) in [6.07, 6.45) is 2.20. The molecule has 2 rings (SSSR count). The molecule has 92 valence electrons. The SMILES string of the molecule is CNC(C)c1cccc2c1ccn2CC(C)C. The van der Waals surface area contributed by atoms with Gasteiger partial charge in [0, 0.05) is 29.7 Å². The number of nitrogens with one attached hydrogen (secondary N) is 1. The van der Waals surface area contributed by atoms with Crippen molar-refractivity contribution in [2.24, 2.45) is 5.92 Å². The van der Waals surface area contributed by atoms with E-state index in [1.54, 1.807) is 0 Å². The molecule has 0 saturated heterocycles. The van der Waals surface area contributed by atoms with Gasteiger partial charge in [-0.1, -0.05) is 26.0 Å². The second-order valence-corrected chi connectivity index (χ2v) is 5.15. The number of fused-ring (bicyclic) bond motifs is 1. The standard InChI is InChI=1S/C15H22N2/c1-11(2)10-17-9-8-14-13(12(3)16-4)6-5-7-15(14)17/h5-9,11-12,16H,10H2,1-4H3. The quantitative estimate of drug-likeness (QED) is 0.849. The van der Waals surface area contributed by atoms with Crippen LogP contribution in [0.4, 0.5) is 0 Å². The van der Waals surface area contributed by atoms with Crippen LogP contribution in [0, 0.1) is 5.92 Å². The zero-order valence-corrected chi connectivity index (χ0v) is 11.2. The first kappa shape index (κ1) is 12.2. The topological polar surface area (TPSA) is 17.0 Å². The normalized spacial score (nSPS) is 13.5. The first-order valence-electron chi connectivity index (χ1n) is 6.38. The Morgan fingerprint density at radius 1 is 1.18 bits per heavy atom. The summed E-state index contributed by atoms with van der Waals surface area (Å²) in [4.78, 5) is 0. The van der Waals surface area contributed by atoms with Crippen molar-refractivity contribution < 1.29 is 0 Å². The maximum absolute atomic E-state index is 3.31. The van der Waals surface area contributed by atoms with Crippen LogP contribution < -0.4 is 5.32 Å². The average Bonchev–Trinajstić information content (AvgIpc) is 2.71. The van der Waals surface area contributed by atoms with Gasteiger partial charge in [0.1, 0.15) is 0 Å². The summed E-state index contributed by atoms with van der Waals surface area (Å²) in [6, 6.07) is 9.21. The Morgan fingerprint density at radius 3 is 2.59 bits per heavy atom. The van der Waals surface area contributed by atoms with Crippen molar-refractivity contribution >= 4 is 10.9 Å². The Kier molecular flexibility index (Phi) is 3.53. The van der Waals surface area contributed by atoms with E-state index in [4.69, 9.17) is 0 Å². The number of hydrogen-bond donors (Lipinski definition) is 1. The van der Waals surface area contributed by atoms with Gasteiger partial charge in [-0.2, -0.15) is 0 Å². The highest BCUT2D eigenvalue weighted by Gasteiger charge is 2.10. The molecule has 1 N–H and O–H groups in total. The fraction of sp³-hybridized carbons (Fsp3) is 0.467. The van der Waals surface area contributed by atoms with Crippen molar-refractivity contribution in [3.63, 3.8) is 0 Å². The van der Waals surface area contributed by atoms with Gasteiger partial charge in [0.2, 0.25) is 0 Å². The van der Waals surface area contributed by atoms with E-state index in [1.807, 2.05) is 7.05 Å². The molecule has 1 unspecified atom stereocenters. The van der Waals surface area contributed by atoms with E-state index < -0.39 is 0 Å². The third kappa shape index (κ3) is 2.37. The smallest absolute Gasteiger partial charge is 0.0483 e. The lowest BCUT2D eigenvalue weighted by Gasteiger charge is -2.13. The minimum absolute atomic E-state index is 0.397. The van der Waals surface area contributed by atoms with Gasteiger partial charge in [0.15, 0.2) is 0 Å². The Hall–Kier alpha value is -1.28. The van der Waals surface area contributed by atoms with E-state index in [2.05, 4.69) is 61.1 Å². The predicted molar refractivity (Wildman–Crippen MR) is 74.3 cm³/mol. The third-order valence-corrected chi connectivity index (χ3v) is 3.31. The molecule has 0 spiro atoms. The molecule has 2 nitrogen and oxygen atoms in total. The van der Waals surface area contributed by atoms with Gasteiger partial charge in [-0.25, -0.2) is 0 Å². The van der Waals surface area contributed by atoms with E-state index >= 15 is 0 Å². The van der Waals surface area contributed by atoms with Crippen molar-refractivity contribution in [3.8, 4) is 0 Å². The van der Waals surface area contributed by atoms with Crippen LogP contribution in [0.1, 0.15) is 32.4 Å². The molecule has 0 bridgehead atoms. The molecule has 0 aliphatic carbocycles. The Labute approximate surface area is 104 Å². The highest BCUT2D eigenvalue weighted by atomic mass is 15.0. The lowest BCUT2D eigenvalue weighted by Crippen LogP contribution is -2.12. The molecular formula is C15H22N2. The Bertz CT molecular complexity index is 497. The van der Waals surface area contributed by atoms with Crippen LogP contribution in [-0.2, 0) is 6.54 Å². The molecule has 1 aromatic heterocycles. The van der Waals surface area contributed by atoms with Gasteiger partial charge in [-0.3, -0.25) is 0 Å². The van der Waals surface area contributed by atoms with Crippen molar-refractivity contribution in [1.29, 1.82) is 0 Å². The molecule has 0 aliphatic heterocycles. The van der Waals surface area contributed by atoms with Crippen LogP contribution in [0.2, 0.25) is 0 Å².